The summed E-state index contributed by atoms with van der Waals surface area (Å²) in [4.78, 5) is 12.4. The van der Waals surface area contributed by atoms with E-state index in [0.29, 0.717) is 11.2 Å². The summed E-state index contributed by atoms with van der Waals surface area (Å²) in [5.41, 5.74) is 0. The van der Waals surface area contributed by atoms with Gasteiger partial charge in [-0.05, 0) is 19.3 Å². The molecule has 1 aliphatic carbocycles. The highest BCUT2D eigenvalue weighted by atomic mass is 79.9. The summed E-state index contributed by atoms with van der Waals surface area (Å²) in [7, 11) is -2.97. The van der Waals surface area contributed by atoms with Crippen molar-refractivity contribution in [2.75, 3.05) is 11.5 Å². The molecule has 4 nitrogen and oxygen atoms in total. The molecule has 2 rings (SSSR count). The van der Waals surface area contributed by atoms with Gasteiger partial charge in [0, 0.05) is 10.9 Å². The molecule has 2 aliphatic rings. The van der Waals surface area contributed by atoms with Crippen molar-refractivity contribution in [3.8, 4) is 0 Å². The monoisotopic (exact) mass is 337 g/mol. The van der Waals surface area contributed by atoms with E-state index in [4.69, 9.17) is 0 Å². The Balaban J connectivity index is 1.90. The number of sulfone groups is 1. The maximum atomic E-state index is 12.1. The molecule has 0 aromatic heterocycles. The highest BCUT2D eigenvalue weighted by Crippen LogP contribution is 2.25. The van der Waals surface area contributed by atoms with Crippen molar-refractivity contribution < 1.29 is 13.2 Å². The van der Waals surface area contributed by atoms with E-state index in [9.17, 15) is 13.2 Å². The smallest absolute Gasteiger partial charge is 0.224 e. The maximum absolute atomic E-state index is 12.1. The van der Waals surface area contributed by atoms with Crippen molar-refractivity contribution in [3.63, 3.8) is 0 Å². The number of nitrogens with one attached hydrogen (secondary N) is 1. The Bertz CT molecular complexity index is 410. The van der Waals surface area contributed by atoms with E-state index < -0.39 is 9.84 Å². The van der Waals surface area contributed by atoms with Crippen LogP contribution < -0.4 is 5.32 Å². The highest BCUT2D eigenvalue weighted by Gasteiger charge is 2.34. The molecule has 1 heterocycles. The minimum Gasteiger partial charge on any atom is -0.352 e. The van der Waals surface area contributed by atoms with Crippen LogP contribution in [0.4, 0.5) is 0 Å². The molecule has 0 aromatic rings. The van der Waals surface area contributed by atoms with Crippen LogP contribution in [0.5, 0.6) is 0 Å². The fraction of sp³-hybridized carbons (Fsp3) is 0.917. The van der Waals surface area contributed by atoms with Gasteiger partial charge in [-0.15, -0.1) is 0 Å². The lowest BCUT2D eigenvalue weighted by atomic mass is 10.1. The topological polar surface area (TPSA) is 63.2 Å². The molecule has 18 heavy (non-hydrogen) atoms. The van der Waals surface area contributed by atoms with Crippen molar-refractivity contribution in [1.29, 1.82) is 0 Å². The second kappa shape index (κ2) is 5.90. The Morgan fingerprint density at radius 3 is 2.50 bits per heavy atom. The molecule has 0 bridgehead atoms. The minimum absolute atomic E-state index is 0.0263. The molecule has 3 atom stereocenters. The fourth-order valence-corrected chi connectivity index (χ4v) is 5.19. The van der Waals surface area contributed by atoms with Crippen LogP contribution in [-0.2, 0) is 14.6 Å². The first-order chi connectivity index (χ1) is 8.48. The van der Waals surface area contributed by atoms with E-state index in [0.717, 1.165) is 19.3 Å². The molecule has 1 aliphatic heterocycles. The average Bonchev–Trinajstić information content (AvgIpc) is 2.55. The van der Waals surface area contributed by atoms with E-state index in [1.807, 2.05) is 0 Å². The molecule has 0 aromatic carbocycles. The number of halogens is 1. The van der Waals surface area contributed by atoms with Crippen molar-refractivity contribution >= 4 is 31.7 Å². The van der Waals surface area contributed by atoms with Crippen LogP contribution in [0.15, 0.2) is 0 Å². The zero-order chi connectivity index (χ0) is 13.2. The van der Waals surface area contributed by atoms with Gasteiger partial charge in [0.2, 0.25) is 5.91 Å². The molecular weight excluding hydrogens is 318 g/mol. The van der Waals surface area contributed by atoms with Crippen LogP contribution >= 0.6 is 15.9 Å². The Hall–Kier alpha value is -0.100. The first-order valence-electron chi connectivity index (χ1n) is 6.63. The number of alkyl halides is 1. The number of amides is 1. The molecule has 2 fully saturated rings. The average molecular weight is 338 g/mol. The van der Waals surface area contributed by atoms with Crippen molar-refractivity contribution in [3.05, 3.63) is 0 Å². The molecular formula is C12H20BrNO3S. The summed E-state index contributed by atoms with van der Waals surface area (Å²) < 4.78 is 22.7. The standard InChI is InChI=1S/C12H20BrNO3S/c13-10-4-2-1-3-5-11(10)14-12(15)9-6-7-18(16,17)8-9/h9-11H,1-8H2,(H,14,15). The quantitative estimate of drug-likeness (QED) is 0.615. The Morgan fingerprint density at radius 1 is 1.11 bits per heavy atom. The van der Waals surface area contributed by atoms with Gasteiger partial charge in [0.05, 0.1) is 17.4 Å². The van der Waals surface area contributed by atoms with Crippen LogP contribution in [0.2, 0.25) is 0 Å². The Kier molecular flexibility index (Phi) is 4.69. The van der Waals surface area contributed by atoms with Crippen LogP contribution in [0.1, 0.15) is 38.5 Å². The zero-order valence-electron chi connectivity index (χ0n) is 10.4. The lowest BCUT2D eigenvalue weighted by molar-refractivity contribution is -0.125. The summed E-state index contributed by atoms with van der Waals surface area (Å²) in [6.45, 7) is 0. The summed E-state index contributed by atoms with van der Waals surface area (Å²) in [5, 5.41) is 3.04. The summed E-state index contributed by atoms with van der Waals surface area (Å²) in [5.74, 6) is -0.225. The highest BCUT2D eigenvalue weighted by molar-refractivity contribution is 9.09. The van der Waals surface area contributed by atoms with Gasteiger partial charge in [0.15, 0.2) is 9.84 Å². The van der Waals surface area contributed by atoms with E-state index in [1.165, 1.54) is 12.8 Å². The fourth-order valence-electron chi connectivity index (χ4n) is 2.73. The summed E-state index contributed by atoms with van der Waals surface area (Å²) >= 11 is 3.63. The van der Waals surface area contributed by atoms with Crippen molar-refractivity contribution in [2.45, 2.75) is 49.4 Å². The number of carbonyl (C=O) groups excluding carboxylic acids is 1. The third-order valence-electron chi connectivity index (χ3n) is 3.86. The van der Waals surface area contributed by atoms with Gasteiger partial charge in [-0.3, -0.25) is 4.79 Å². The normalized spacial score (nSPS) is 35.9. The van der Waals surface area contributed by atoms with Gasteiger partial charge in [0.1, 0.15) is 0 Å². The molecule has 1 amide bonds. The molecule has 0 radical (unpaired) electrons. The zero-order valence-corrected chi connectivity index (χ0v) is 12.8. The van der Waals surface area contributed by atoms with Gasteiger partial charge >= 0.3 is 0 Å². The molecule has 0 spiro atoms. The first kappa shape index (κ1) is 14.3. The number of rotatable bonds is 2. The van der Waals surface area contributed by atoms with Crippen LogP contribution in [0.25, 0.3) is 0 Å². The maximum Gasteiger partial charge on any atom is 0.224 e. The van der Waals surface area contributed by atoms with Gasteiger partial charge in [-0.25, -0.2) is 8.42 Å². The van der Waals surface area contributed by atoms with Crippen LogP contribution in [0, 0.1) is 5.92 Å². The van der Waals surface area contributed by atoms with Gasteiger partial charge < -0.3 is 5.32 Å². The first-order valence-corrected chi connectivity index (χ1v) is 9.36. The predicted molar refractivity (Wildman–Crippen MR) is 74.5 cm³/mol. The van der Waals surface area contributed by atoms with E-state index in [-0.39, 0.29) is 29.4 Å². The van der Waals surface area contributed by atoms with E-state index in [2.05, 4.69) is 21.2 Å². The summed E-state index contributed by atoms with van der Waals surface area (Å²) in [6.07, 6.45) is 6.09. The summed E-state index contributed by atoms with van der Waals surface area (Å²) in [6, 6.07) is 0.156. The predicted octanol–water partition coefficient (Wildman–Crippen LogP) is 1.63. The second-order valence-electron chi connectivity index (χ2n) is 5.37. The SMILES string of the molecule is O=C(NC1CCCCCC1Br)C1CCS(=O)(=O)C1. The number of hydrogen-bond donors (Lipinski definition) is 1. The van der Waals surface area contributed by atoms with Gasteiger partial charge in [-0.1, -0.05) is 35.2 Å². The molecule has 1 saturated heterocycles. The third kappa shape index (κ3) is 3.70. The number of hydrogen-bond acceptors (Lipinski definition) is 3. The second-order valence-corrected chi connectivity index (χ2v) is 8.77. The molecule has 104 valence electrons. The third-order valence-corrected chi connectivity index (χ3v) is 6.73. The van der Waals surface area contributed by atoms with Gasteiger partial charge in [-0.2, -0.15) is 0 Å². The lowest BCUT2D eigenvalue weighted by Gasteiger charge is -2.23. The molecule has 1 N–H and O–H groups in total. The van der Waals surface area contributed by atoms with E-state index in [1.54, 1.807) is 0 Å². The number of carbonyl (C=O) groups is 1. The van der Waals surface area contributed by atoms with Crippen LogP contribution in [-0.4, -0.2) is 36.7 Å². The van der Waals surface area contributed by atoms with Crippen LogP contribution in [0.3, 0.4) is 0 Å². The van der Waals surface area contributed by atoms with Crippen molar-refractivity contribution in [1.82, 2.24) is 5.32 Å². The van der Waals surface area contributed by atoms with Gasteiger partial charge in [0.25, 0.3) is 0 Å². The molecule has 6 heteroatoms. The molecule has 3 unspecified atom stereocenters. The Morgan fingerprint density at radius 2 is 1.83 bits per heavy atom. The lowest BCUT2D eigenvalue weighted by Crippen LogP contribution is -2.43. The minimum atomic E-state index is -2.97. The van der Waals surface area contributed by atoms with Crippen molar-refractivity contribution in [2.24, 2.45) is 5.92 Å². The Labute approximate surface area is 117 Å². The van der Waals surface area contributed by atoms with E-state index >= 15 is 0 Å². The molecule has 1 saturated carbocycles. The largest absolute Gasteiger partial charge is 0.352 e.